The van der Waals surface area contributed by atoms with Crippen molar-refractivity contribution in [3.63, 3.8) is 0 Å². The van der Waals surface area contributed by atoms with Crippen molar-refractivity contribution in [2.75, 3.05) is 13.7 Å². The van der Waals surface area contributed by atoms with E-state index in [4.69, 9.17) is 14.9 Å². The first kappa shape index (κ1) is 8.53. The molecule has 64 valence electrons. The number of rotatable bonds is 4. The zero-order valence-corrected chi connectivity index (χ0v) is 7.09. The van der Waals surface area contributed by atoms with E-state index in [9.17, 15) is 0 Å². The zero-order valence-electron chi connectivity index (χ0n) is 7.09. The second-order valence-corrected chi connectivity index (χ2v) is 2.79. The molecule has 1 unspecified atom stereocenters. The second kappa shape index (κ2) is 3.72. The summed E-state index contributed by atoms with van der Waals surface area (Å²) in [6.07, 6.45) is 2.26. The van der Waals surface area contributed by atoms with Gasteiger partial charge in [0.2, 0.25) is 5.90 Å². The molecule has 1 N–H and O–H groups in total. The minimum absolute atomic E-state index is 0.0880. The largest absolute Gasteiger partial charge is 0.480 e. The van der Waals surface area contributed by atoms with Crippen LogP contribution in [0.2, 0.25) is 0 Å². The zero-order chi connectivity index (χ0) is 8.27. The monoisotopic (exact) mass is 157 g/mol. The Bertz CT molecular complexity index is 143. The lowest BCUT2D eigenvalue weighted by Gasteiger charge is -2.14. The third-order valence-electron chi connectivity index (χ3n) is 1.86. The van der Waals surface area contributed by atoms with Gasteiger partial charge in [0.15, 0.2) is 0 Å². The van der Waals surface area contributed by atoms with E-state index in [0.29, 0.717) is 12.5 Å². The smallest absolute Gasteiger partial charge is 0.210 e. The maximum atomic E-state index is 7.47. The fraction of sp³-hybridized carbons (Fsp3) is 0.875. The summed E-state index contributed by atoms with van der Waals surface area (Å²) in [7, 11) is 1.64. The molecular formula is C8H15NO2. The third-order valence-corrected chi connectivity index (χ3v) is 1.86. The summed E-state index contributed by atoms with van der Waals surface area (Å²) in [4.78, 5) is 0. The van der Waals surface area contributed by atoms with Crippen LogP contribution in [0.3, 0.4) is 0 Å². The highest BCUT2D eigenvalue weighted by Crippen LogP contribution is 2.34. The molecule has 0 aromatic carbocycles. The van der Waals surface area contributed by atoms with Crippen molar-refractivity contribution in [3.8, 4) is 0 Å². The molecule has 0 bridgehead atoms. The molecule has 0 aliphatic heterocycles. The summed E-state index contributed by atoms with van der Waals surface area (Å²) >= 11 is 0. The van der Waals surface area contributed by atoms with Gasteiger partial charge in [0.1, 0.15) is 6.10 Å². The predicted octanol–water partition coefficient (Wildman–Crippen LogP) is 1.43. The summed E-state index contributed by atoms with van der Waals surface area (Å²) in [5, 5.41) is 7.47. The molecule has 3 heteroatoms. The quantitative estimate of drug-likeness (QED) is 0.495. The summed E-state index contributed by atoms with van der Waals surface area (Å²) < 4.78 is 10.2. The van der Waals surface area contributed by atoms with Gasteiger partial charge in [-0.2, -0.15) is 0 Å². The van der Waals surface area contributed by atoms with E-state index >= 15 is 0 Å². The van der Waals surface area contributed by atoms with Crippen LogP contribution in [0.4, 0.5) is 0 Å². The van der Waals surface area contributed by atoms with Crippen molar-refractivity contribution in [1.29, 1.82) is 5.41 Å². The molecule has 0 radical (unpaired) electrons. The van der Waals surface area contributed by atoms with Gasteiger partial charge in [0, 0.05) is 7.11 Å². The molecule has 0 amide bonds. The van der Waals surface area contributed by atoms with Gasteiger partial charge in [0.05, 0.1) is 6.61 Å². The molecule has 3 nitrogen and oxygen atoms in total. The highest BCUT2D eigenvalue weighted by molar-refractivity contribution is 5.78. The van der Waals surface area contributed by atoms with E-state index in [1.54, 1.807) is 7.11 Å². The van der Waals surface area contributed by atoms with Crippen LogP contribution >= 0.6 is 0 Å². The molecule has 0 saturated heterocycles. The standard InChI is InChI=1S/C8H15NO2/c1-3-11-8(9)7(10-2)6-4-5-6/h6-7,9H,3-5H2,1-2H3. The van der Waals surface area contributed by atoms with E-state index in [-0.39, 0.29) is 12.0 Å². The summed E-state index contributed by atoms with van der Waals surface area (Å²) in [5.41, 5.74) is 0. The molecule has 0 aromatic rings. The number of ether oxygens (including phenoxy) is 2. The molecule has 1 atom stereocenters. The Kier molecular flexibility index (Phi) is 2.88. The van der Waals surface area contributed by atoms with Crippen LogP contribution in [0.5, 0.6) is 0 Å². The highest BCUT2D eigenvalue weighted by atomic mass is 16.5. The SMILES string of the molecule is CCOC(=N)C(OC)C1CC1. The Morgan fingerprint density at radius 1 is 1.64 bits per heavy atom. The summed E-state index contributed by atoms with van der Waals surface area (Å²) in [5.74, 6) is 0.830. The van der Waals surface area contributed by atoms with E-state index in [2.05, 4.69) is 0 Å². The molecule has 1 rings (SSSR count). The third kappa shape index (κ3) is 2.19. The Morgan fingerprint density at radius 3 is 2.64 bits per heavy atom. The Balaban J connectivity index is 2.33. The number of hydrogen-bond acceptors (Lipinski definition) is 3. The lowest BCUT2D eigenvalue weighted by Crippen LogP contribution is -2.26. The first-order valence-electron chi connectivity index (χ1n) is 4.03. The lowest BCUT2D eigenvalue weighted by molar-refractivity contribution is 0.110. The van der Waals surface area contributed by atoms with Gasteiger partial charge in [-0.1, -0.05) is 0 Å². The average molecular weight is 157 g/mol. The van der Waals surface area contributed by atoms with Gasteiger partial charge in [-0.3, -0.25) is 5.41 Å². The predicted molar refractivity (Wildman–Crippen MR) is 42.9 cm³/mol. The van der Waals surface area contributed by atoms with E-state index in [0.717, 1.165) is 0 Å². The van der Waals surface area contributed by atoms with Crippen molar-refractivity contribution in [2.24, 2.45) is 5.92 Å². The normalized spacial score (nSPS) is 19.5. The van der Waals surface area contributed by atoms with Crippen LogP contribution in [0.25, 0.3) is 0 Å². The molecule has 1 aliphatic rings. The molecular weight excluding hydrogens is 142 g/mol. The molecule has 0 spiro atoms. The molecule has 11 heavy (non-hydrogen) atoms. The minimum Gasteiger partial charge on any atom is -0.480 e. The van der Waals surface area contributed by atoms with Gasteiger partial charge in [-0.15, -0.1) is 0 Å². The maximum Gasteiger partial charge on any atom is 0.210 e. The van der Waals surface area contributed by atoms with E-state index < -0.39 is 0 Å². The van der Waals surface area contributed by atoms with Crippen LogP contribution < -0.4 is 0 Å². The van der Waals surface area contributed by atoms with Crippen LogP contribution in [-0.2, 0) is 9.47 Å². The van der Waals surface area contributed by atoms with Gasteiger partial charge in [-0.05, 0) is 25.7 Å². The van der Waals surface area contributed by atoms with Gasteiger partial charge >= 0.3 is 0 Å². The molecule has 1 aliphatic carbocycles. The van der Waals surface area contributed by atoms with Crippen LogP contribution in [0.1, 0.15) is 19.8 Å². The first-order chi connectivity index (χ1) is 5.29. The van der Waals surface area contributed by atoms with Crippen molar-refractivity contribution in [1.82, 2.24) is 0 Å². The average Bonchev–Trinajstić information content (AvgIpc) is 2.73. The molecule has 1 fully saturated rings. The first-order valence-corrected chi connectivity index (χ1v) is 4.03. The van der Waals surface area contributed by atoms with Crippen LogP contribution in [0, 0.1) is 11.3 Å². The van der Waals surface area contributed by atoms with Gasteiger partial charge < -0.3 is 9.47 Å². The van der Waals surface area contributed by atoms with Crippen LogP contribution in [-0.4, -0.2) is 25.7 Å². The number of hydrogen-bond donors (Lipinski definition) is 1. The van der Waals surface area contributed by atoms with Crippen molar-refractivity contribution in [2.45, 2.75) is 25.9 Å². The van der Waals surface area contributed by atoms with Crippen molar-refractivity contribution < 1.29 is 9.47 Å². The van der Waals surface area contributed by atoms with Crippen molar-refractivity contribution >= 4 is 5.90 Å². The van der Waals surface area contributed by atoms with Gasteiger partial charge in [0.25, 0.3) is 0 Å². The Morgan fingerprint density at radius 2 is 2.27 bits per heavy atom. The van der Waals surface area contributed by atoms with E-state index in [1.165, 1.54) is 12.8 Å². The fourth-order valence-corrected chi connectivity index (χ4v) is 1.15. The summed E-state index contributed by atoms with van der Waals surface area (Å²) in [6.45, 7) is 2.44. The highest BCUT2D eigenvalue weighted by Gasteiger charge is 2.35. The fourth-order valence-electron chi connectivity index (χ4n) is 1.15. The van der Waals surface area contributed by atoms with Crippen LogP contribution in [0.15, 0.2) is 0 Å². The Hall–Kier alpha value is -0.570. The second-order valence-electron chi connectivity index (χ2n) is 2.79. The maximum absolute atomic E-state index is 7.47. The molecule has 0 aromatic heterocycles. The number of methoxy groups -OCH3 is 1. The molecule has 0 heterocycles. The van der Waals surface area contributed by atoms with Crippen molar-refractivity contribution in [3.05, 3.63) is 0 Å². The summed E-state index contributed by atoms with van der Waals surface area (Å²) in [6, 6.07) is 0. The topological polar surface area (TPSA) is 42.3 Å². The molecule has 1 saturated carbocycles. The minimum atomic E-state index is -0.0880. The van der Waals surface area contributed by atoms with Gasteiger partial charge in [-0.25, -0.2) is 0 Å². The number of nitrogens with one attached hydrogen (secondary N) is 1. The lowest BCUT2D eigenvalue weighted by atomic mass is 10.2. The Labute approximate surface area is 67.2 Å². The van der Waals surface area contributed by atoms with E-state index in [1.807, 2.05) is 6.92 Å².